The molecule has 1 amide bonds. The van der Waals surface area contributed by atoms with Crippen LogP contribution in [0.3, 0.4) is 0 Å². The molecule has 1 saturated carbocycles. The highest BCUT2D eigenvalue weighted by atomic mass is 35.5. The maximum absolute atomic E-state index is 11.9. The Bertz CT molecular complexity index is 217. The quantitative estimate of drug-likeness (QED) is 0.817. The van der Waals surface area contributed by atoms with Gasteiger partial charge in [-0.05, 0) is 18.8 Å². The minimum absolute atomic E-state index is 0. The van der Waals surface area contributed by atoms with Crippen LogP contribution in [0.2, 0.25) is 0 Å². The number of carbonyl (C=O) groups excluding carboxylic acids is 1. The molecular formula is C12H25ClN2O2. The Labute approximate surface area is 110 Å². The monoisotopic (exact) mass is 264 g/mol. The van der Waals surface area contributed by atoms with Gasteiger partial charge in [-0.3, -0.25) is 4.79 Å². The molecule has 0 heterocycles. The molecule has 0 spiro atoms. The highest BCUT2D eigenvalue weighted by molar-refractivity contribution is 5.85. The molecule has 0 aromatic heterocycles. The topological polar surface area (TPSA) is 55.6 Å². The van der Waals surface area contributed by atoms with Crippen LogP contribution < -0.4 is 5.73 Å². The molecular weight excluding hydrogens is 240 g/mol. The summed E-state index contributed by atoms with van der Waals surface area (Å²) in [5, 5.41) is 0. The van der Waals surface area contributed by atoms with Gasteiger partial charge in [-0.2, -0.15) is 0 Å². The first kappa shape index (κ1) is 16.7. The van der Waals surface area contributed by atoms with E-state index in [9.17, 15) is 4.79 Å². The van der Waals surface area contributed by atoms with E-state index in [4.69, 9.17) is 10.5 Å². The molecule has 1 unspecified atom stereocenters. The molecule has 5 heteroatoms. The Morgan fingerprint density at radius 2 is 2.00 bits per heavy atom. The first-order chi connectivity index (χ1) is 7.69. The molecule has 0 aromatic carbocycles. The number of nitrogens with two attached hydrogens (primary N) is 1. The zero-order chi connectivity index (χ0) is 12.0. The average Bonchev–Trinajstić information content (AvgIpc) is 2.31. The highest BCUT2D eigenvalue weighted by Crippen LogP contribution is 2.24. The molecule has 102 valence electrons. The Morgan fingerprint density at radius 1 is 1.41 bits per heavy atom. The molecule has 0 saturated heterocycles. The second kappa shape index (κ2) is 8.72. The van der Waals surface area contributed by atoms with Crippen LogP contribution in [0.4, 0.5) is 0 Å². The van der Waals surface area contributed by atoms with Crippen molar-refractivity contribution >= 4 is 18.3 Å². The predicted molar refractivity (Wildman–Crippen MR) is 71.3 cm³/mol. The van der Waals surface area contributed by atoms with Crippen molar-refractivity contribution in [3.63, 3.8) is 0 Å². The summed E-state index contributed by atoms with van der Waals surface area (Å²) in [4.78, 5) is 13.7. The first-order valence-corrected chi connectivity index (χ1v) is 6.17. The summed E-state index contributed by atoms with van der Waals surface area (Å²) >= 11 is 0. The maximum atomic E-state index is 11.9. The number of nitrogens with zero attached hydrogens (tertiary/aromatic N) is 1. The molecule has 0 radical (unpaired) electrons. The van der Waals surface area contributed by atoms with Crippen LogP contribution in [0.1, 0.15) is 32.1 Å². The number of amides is 1. The molecule has 1 aliphatic rings. The minimum atomic E-state index is -0.478. The van der Waals surface area contributed by atoms with Gasteiger partial charge >= 0.3 is 0 Å². The lowest BCUT2D eigenvalue weighted by atomic mass is 9.89. The van der Waals surface area contributed by atoms with Crippen molar-refractivity contribution in [1.82, 2.24) is 4.90 Å². The normalized spacial score (nSPS) is 18.3. The molecule has 4 nitrogen and oxygen atoms in total. The number of halogens is 1. The average molecular weight is 265 g/mol. The number of methoxy groups -OCH3 is 1. The van der Waals surface area contributed by atoms with E-state index in [1.54, 1.807) is 4.90 Å². The Kier molecular flexibility index (Phi) is 8.56. The van der Waals surface area contributed by atoms with Crippen molar-refractivity contribution in [2.45, 2.75) is 38.2 Å². The van der Waals surface area contributed by atoms with Crippen LogP contribution in [0.5, 0.6) is 0 Å². The molecule has 0 aliphatic heterocycles. The molecule has 17 heavy (non-hydrogen) atoms. The molecule has 1 rings (SSSR count). The van der Waals surface area contributed by atoms with E-state index >= 15 is 0 Å². The molecule has 1 fully saturated rings. The third kappa shape index (κ3) is 5.23. The Hall–Kier alpha value is -0.320. The standard InChI is InChI=1S/C12H24N2O2.ClH/c1-14(12(15)11(8-13)16-2)9-10-6-4-3-5-7-10;/h10-11H,3-9,13H2,1-2H3;1H. The fourth-order valence-corrected chi connectivity index (χ4v) is 2.39. The van der Waals surface area contributed by atoms with E-state index < -0.39 is 6.10 Å². The summed E-state index contributed by atoms with van der Waals surface area (Å²) in [6, 6.07) is 0. The van der Waals surface area contributed by atoms with Crippen molar-refractivity contribution in [1.29, 1.82) is 0 Å². The summed E-state index contributed by atoms with van der Waals surface area (Å²) in [5.74, 6) is 0.675. The van der Waals surface area contributed by atoms with Crippen LogP contribution in [-0.4, -0.2) is 44.2 Å². The second-order valence-electron chi connectivity index (χ2n) is 4.68. The third-order valence-corrected chi connectivity index (χ3v) is 3.41. The molecule has 1 aliphatic carbocycles. The second-order valence-corrected chi connectivity index (χ2v) is 4.68. The van der Waals surface area contributed by atoms with Gasteiger partial charge < -0.3 is 15.4 Å². The number of rotatable bonds is 5. The Balaban J connectivity index is 0.00000256. The summed E-state index contributed by atoms with van der Waals surface area (Å²) < 4.78 is 5.06. The maximum Gasteiger partial charge on any atom is 0.252 e. The van der Waals surface area contributed by atoms with Crippen molar-refractivity contribution < 1.29 is 9.53 Å². The largest absolute Gasteiger partial charge is 0.370 e. The molecule has 0 aromatic rings. The number of ether oxygens (including phenoxy) is 1. The summed E-state index contributed by atoms with van der Waals surface area (Å²) in [6.45, 7) is 1.10. The van der Waals surface area contributed by atoms with E-state index in [1.165, 1.54) is 39.2 Å². The van der Waals surface area contributed by atoms with Crippen LogP contribution in [-0.2, 0) is 9.53 Å². The number of likely N-dealkylation sites (N-methyl/N-ethyl adjacent to an activating group) is 1. The molecule has 0 bridgehead atoms. The lowest BCUT2D eigenvalue weighted by Gasteiger charge is -2.28. The summed E-state index contributed by atoms with van der Waals surface area (Å²) in [7, 11) is 3.38. The third-order valence-electron chi connectivity index (χ3n) is 3.41. The molecule has 2 N–H and O–H groups in total. The zero-order valence-corrected chi connectivity index (χ0v) is 11.7. The van der Waals surface area contributed by atoms with Gasteiger partial charge in [0.25, 0.3) is 5.91 Å². The van der Waals surface area contributed by atoms with Gasteiger partial charge in [0.2, 0.25) is 0 Å². The van der Waals surface area contributed by atoms with E-state index in [0.29, 0.717) is 5.92 Å². The summed E-state index contributed by atoms with van der Waals surface area (Å²) in [5.41, 5.74) is 5.48. The fourth-order valence-electron chi connectivity index (χ4n) is 2.39. The van der Waals surface area contributed by atoms with Gasteiger partial charge in [0.1, 0.15) is 6.10 Å². The zero-order valence-electron chi connectivity index (χ0n) is 10.9. The van der Waals surface area contributed by atoms with Crippen molar-refractivity contribution in [2.75, 3.05) is 27.2 Å². The van der Waals surface area contributed by atoms with E-state index in [2.05, 4.69) is 0 Å². The van der Waals surface area contributed by atoms with Crippen LogP contribution in [0.15, 0.2) is 0 Å². The van der Waals surface area contributed by atoms with Gasteiger partial charge in [0.05, 0.1) is 0 Å². The number of hydrogen-bond acceptors (Lipinski definition) is 3. The van der Waals surface area contributed by atoms with Crippen molar-refractivity contribution in [2.24, 2.45) is 11.7 Å². The van der Waals surface area contributed by atoms with Gasteiger partial charge in [-0.25, -0.2) is 0 Å². The lowest BCUT2D eigenvalue weighted by molar-refractivity contribution is -0.140. The van der Waals surface area contributed by atoms with Crippen molar-refractivity contribution in [3.05, 3.63) is 0 Å². The minimum Gasteiger partial charge on any atom is -0.370 e. The number of carbonyl (C=O) groups is 1. The number of hydrogen-bond donors (Lipinski definition) is 1. The fraction of sp³-hybridized carbons (Fsp3) is 0.917. The first-order valence-electron chi connectivity index (χ1n) is 6.17. The van der Waals surface area contributed by atoms with Gasteiger partial charge in [0.15, 0.2) is 0 Å². The summed E-state index contributed by atoms with van der Waals surface area (Å²) in [6.07, 6.45) is 5.97. The SMILES string of the molecule is COC(CN)C(=O)N(C)CC1CCCCC1.Cl. The van der Waals surface area contributed by atoms with E-state index in [0.717, 1.165) is 6.54 Å². The Morgan fingerprint density at radius 3 is 2.47 bits per heavy atom. The van der Waals surface area contributed by atoms with E-state index in [1.807, 2.05) is 7.05 Å². The van der Waals surface area contributed by atoms with Crippen LogP contribution in [0.25, 0.3) is 0 Å². The van der Waals surface area contributed by atoms with Crippen molar-refractivity contribution in [3.8, 4) is 0 Å². The van der Waals surface area contributed by atoms with Crippen LogP contribution in [0, 0.1) is 5.92 Å². The predicted octanol–water partition coefficient (Wildman–Crippen LogP) is 1.42. The lowest BCUT2D eigenvalue weighted by Crippen LogP contribution is -2.43. The highest BCUT2D eigenvalue weighted by Gasteiger charge is 2.23. The van der Waals surface area contributed by atoms with Gasteiger partial charge in [-0.1, -0.05) is 19.3 Å². The molecule has 1 atom stereocenters. The smallest absolute Gasteiger partial charge is 0.252 e. The van der Waals surface area contributed by atoms with Crippen LogP contribution >= 0.6 is 12.4 Å². The van der Waals surface area contributed by atoms with Gasteiger partial charge in [-0.15, -0.1) is 12.4 Å². The van der Waals surface area contributed by atoms with E-state index in [-0.39, 0.29) is 24.9 Å². The van der Waals surface area contributed by atoms with Gasteiger partial charge in [0, 0.05) is 27.2 Å².